The van der Waals surface area contributed by atoms with E-state index in [1.165, 1.54) is 0 Å². The number of ether oxygens (including phenoxy) is 2. The van der Waals surface area contributed by atoms with Gasteiger partial charge in [0, 0.05) is 6.61 Å². The van der Waals surface area contributed by atoms with E-state index in [4.69, 9.17) is 14.6 Å². The molecule has 0 fully saturated rings. The highest BCUT2D eigenvalue weighted by atomic mass is 16.6. The second-order valence-electron chi connectivity index (χ2n) is 5.49. The molecular formula is C15H23NO4. The number of carbonyl (C=O) groups excluding carboxylic acids is 1. The van der Waals surface area contributed by atoms with Crippen molar-refractivity contribution >= 4 is 11.8 Å². The fraction of sp³-hybridized carbons (Fsp3) is 0.533. The van der Waals surface area contributed by atoms with E-state index >= 15 is 0 Å². The minimum Gasteiger partial charge on any atom is -0.495 e. The van der Waals surface area contributed by atoms with Crippen LogP contribution in [0.3, 0.4) is 0 Å². The van der Waals surface area contributed by atoms with Gasteiger partial charge in [-0.15, -0.1) is 0 Å². The van der Waals surface area contributed by atoms with Crippen molar-refractivity contribution in [3.05, 3.63) is 23.8 Å². The second kappa shape index (κ2) is 7.14. The molecule has 0 radical (unpaired) electrons. The average molecular weight is 281 g/mol. The first-order chi connectivity index (χ1) is 9.35. The molecule has 0 heterocycles. The van der Waals surface area contributed by atoms with Crippen LogP contribution in [0, 0.1) is 0 Å². The van der Waals surface area contributed by atoms with Crippen LogP contribution in [0.1, 0.15) is 32.8 Å². The molecule has 2 N–H and O–H groups in total. The molecule has 1 aromatic carbocycles. The Labute approximate surface area is 119 Å². The molecule has 0 aliphatic heterocycles. The van der Waals surface area contributed by atoms with Crippen molar-refractivity contribution in [2.45, 2.75) is 39.2 Å². The van der Waals surface area contributed by atoms with Crippen molar-refractivity contribution in [3.63, 3.8) is 0 Å². The van der Waals surface area contributed by atoms with Crippen LogP contribution >= 0.6 is 0 Å². The van der Waals surface area contributed by atoms with Gasteiger partial charge in [-0.1, -0.05) is 6.07 Å². The normalized spacial score (nSPS) is 11.1. The van der Waals surface area contributed by atoms with Crippen molar-refractivity contribution in [1.82, 2.24) is 0 Å². The van der Waals surface area contributed by atoms with Gasteiger partial charge in [-0.25, -0.2) is 4.79 Å². The lowest BCUT2D eigenvalue weighted by molar-refractivity contribution is 0.0635. The molecule has 0 aliphatic rings. The largest absolute Gasteiger partial charge is 0.495 e. The summed E-state index contributed by atoms with van der Waals surface area (Å²) in [4.78, 5) is 11.7. The summed E-state index contributed by atoms with van der Waals surface area (Å²) in [7, 11) is 1.55. The number of carbonyl (C=O) groups is 1. The van der Waals surface area contributed by atoms with E-state index in [-0.39, 0.29) is 6.61 Å². The molecule has 0 aliphatic carbocycles. The number of aryl methyl sites for hydroxylation is 1. The van der Waals surface area contributed by atoms with Crippen LogP contribution in [-0.4, -0.2) is 30.5 Å². The molecule has 112 valence electrons. The first kappa shape index (κ1) is 16.3. The summed E-state index contributed by atoms with van der Waals surface area (Å²) in [6, 6.07) is 5.52. The van der Waals surface area contributed by atoms with E-state index in [1.54, 1.807) is 13.2 Å². The lowest BCUT2D eigenvalue weighted by Gasteiger charge is -2.20. The summed E-state index contributed by atoms with van der Waals surface area (Å²) in [5, 5.41) is 11.5. The molecule has 0 saturated heterocycles. The summed E-state index contributed by atoms with van der Waals surface area (Å²) >= 11 is 0. The first-order valence-corrected chi connectivity index (χ1v) is 6.63. The SMILES string of the molecule is COc1cc(CCCO)ccc1NC(=O)OC(C)(C)C. The Kier molecular flexibility index (Phi) is 5.82. The van der Waals surface area contributed by atoms with Gasteiger partial charge >= 0.3 is 6.09 Å². The van der Waals surface area contributed by atoms with Crippen molar-refractivity contribution in [3.8, 4) is 5.75 Å². The van der Waals surface area contributed by atoms with Crippen LogP contribution in [0.2, 0.25) is 0 Å². The van der Waals surface area contributed by atoms with E-state index in [2.05, 4.69) is 5.32 Å². The van der Waals surface area contributed by atoms with Gasteiger partial charge in [-0.2, -0.15) is 0 Å². The van der Waals surface area contributed by atoms with Crippen LogP contribution in [0.15, 0.2) is 18.2 Å². The fourth-order valence-corrected chi connectivity index (χ4v) is 1.69. The smallest absolute Gasteiger partial charge is 0.412 e. The summed E-state index contributed by atoms with van der Waals surface area (Å²) in [6.45, 7) is 5.58. The molecular weight excluding hydrogens is 258 g/mol. The predicted molar refractivity (Wildman–Crippen MR) is 78.3 cm³/mol. The van der Waals surface area contributed by atoms with E-state index in [9.17, 15) is 4.79 Å². The van der Waals surface area contributed by atoms with Crippen LogP contribution in [-0.2, 0) is 11.2 Å². The van der Waals surface area contributed by atoms with Crippen molar-refractivity contribution in [1.29, 1.82) is 0 Å². The Hall–Kier alpha value is -1.75. The molecule has 1 rings (SSSR count). The number of amides is 1. The minimum absolute atomic E-state index is 0.153. The number of nitrogens with one attached hydrogen (secondary N) is 1. The lowest BCUT2D eigenvalue weighted by atomic mass is 10.1. The number of rotatable bonds is 5. The Morgan fingerprint density at radius 2 is 2.05 bits per heavy atom. The maximum atomic E-state index is 11.7. The summed E-state index contributed by atoms with van der Waals surface area (Å²) in [5.74, 6) is 0.575. The monoisotopic (exact) mass is 281 g/mol. The summed E-state index contributed by atoms with van der Waals surface area (Å²) < 4.78 is 10.5. The van der Waals surface area contributed by atoms with Crippen molar-refractivity contribution in [2.24, 2.45) is 0 Å². The molecule has 20 heavy (non-hydrogen) atoms. The number of hydrogen-bond acceptors (Lipinski definition) is 4. The van der Waals surface area contributed by atoms with Gasteiger partial charge in [0.15, 0.2) is 0 Å². The van der Waals surface area contributed by atoms with Gasteiger partial charge in [0.25, 0.3) is 0 Å². The fourth-order valence-electron chi connectivity index (χ4n) is 1.69. The number of methoxy groups -OCH3 is 1. The Morgan fingerprint density at radius 3 is 2.60 bits per heavy atom. The number of aliphatic hydroxyl groups is 1. The number of anilines is 1. The Balaban J connectivity index is 2.77. The third-order valence-corrected chi connectivity index (χ3v) is 2.53. The maximum absolute atomic E-state index is 11.7. The van der Waals surface area contributed by atoms with E-state index < -0.39 is 11.7 Å². The molecule has 0 unspecified atom stereocenters. The lowest BCUT2D eigenvalue weighted by Crippen LogP contribution is -2.27. The molecule has 0 spiro atoms. The second-order valence-corrected chi connectivity index (χ2v) is 5.49. The quantitative estimate of drug-likeness (QED) is 0.870. The number of hydrogen-bond donors (Lipinski definition) is 2. The third-order valence-electron chi connectivity index (χ3n) is 2.53. The number of benzene rings is 1. The summed E-state index contributed by atoms with van der Waals surface area (Å²) in [6.07, 6.45) is 0.945. The molecule has 0 saturated carbocycles. The summed E-state index contributed by atoms with van der Waals surface area (Å²) in [5.41, 5.74) is 1.07. The zero-order valence-electron chi connectivity index (χ0n) is 12.5. The molecule has 5 heteroatoms. The highest BCUT2D eigenvalue weighted by Crippen LogP contribution is 2.26. The Bertz CT molecular complexity index is 452. The van der Waals surface area contributed by atoms with Crippen LogP contribution in [0.4, 0.5) is 10.5 Å². The van der Waals surface area contributed by atoms with Gasteiger partial charge < -0.3 is 14.6 Å². The zero-order valence-corrected chi connectivity index (χ0v) is 12.5. The Morgan fingerprint density at radius 1 is 1.35 bits per heavy atom. The highest BCUT2D eigenvalue weighted by Gasteiger charge is 2.17. The van der Waals surface area contributed by atoms with E-state index in [0.29, 0.717) is 17.9 Å². The maximum Gasteiger partial charge on any atom is 0.412 e. The first-order valence-electron chi connectivity index (χ1n) is 6.63. The average Bonchev–Trinajstić information content (AvgIpc) is 2.35. The molecule has 0 aromatic heterocycles. The van der Waals surface area contributed by atoms with Crippen molar-refractivity contribution in [2.75, 3.05) is 19.0 Å². The van der Waals surface area contributed by atoms with Gasteiger partial charge in [0.1, 0.15) is 11.4 Å². The molecule has 0 atom stereocenters. The zero-order chi connectivity index (χ0) is 15.2. The molecule has 0 bridgehead atoms. The van der Waals surface area contributed by atoms with Gasteiger partial charge in [-0.3, -0.25) is 5.32 Å². The minimum atomic E-state index is -0.543. The standard InChI is InChI=1S/C15H23NO4/c1-15(2,3)20-14(18)16-12-8-7-11(6-5-9-17)10-13(12)19-4/h7-8,10,17H,5-6,9H2,1-4H3,(H,16,18). The predicted octanol–water partition coefficient (Wildman–Crippen LogP) is 2.97. The van der Waals surface area contributed by atoms with Gasteiger partial charge in [0.05, 0.1) is 12.8 Å². The van der Waals surface area contributed by atoms with Gasteiger partial charge in [0.2, 0.25) is 0 Å². The van der Waals surface area contributed by atoms with E-state index in [0.717, 1.165) is 12.0 Å². The molecule has 1 aromatic rings. The number of aliphatic hydroxyl groups excluding tert-OH is 1. The van der Waals surface area contributed by atoms with Crippen LogP contribution in [0.5, 0.6) is 5.75 Å². The van der Waals surface area contributed by atoms with E-state index in [1.807, 2.05) is 32.9 Å². The molecule has 1 amide bonds. The van der Waals surface area contributed by atoms with Crippen molar-refractivity contribution < 1.29 is 19.4 Å². The third kappa shape index (κ3) is 5.48. The van der Waals surface area contributed by atoms with Gasteiger partial charge in [-0.05, 0) is 51.3 Å². The van der Waals surface area contributed by atoms with Crippen LogP contribution in [0.25, 0.3) is 0 Å². The molecule has 5 nitrogen and oxygen atoms in total. The topological polar surface area (TPSA) is 67.8 Å². The highest BCUT2D eigenvalue weighted by molar-refractivity contribution is 5.87. The van der Waals surface area contributed by atoms with Crippen LogP contribution < -0.4 is 10.1 Å².